The number of ketones is 1. The third-order valence-corrected chi connectivity index (χ3v) is 4.22. The molecular formula is C17H22ClNO2. The van der Waals surface area contributed by atoms with Crippen molar-refractivity contribution in [2.75, 3.05) is 0 Å². The number of Topliss-reactive ketones (excluding diaryl/α,β-unsaturated/α-hetero) is 1. The van der Waals surface area contributed by atoms with Gasteiger partial charge in [-0.25, -0.2) is 0 Å². The van der Waals surface area contributed by atoms with Gasteiger partial charge in [-0.1, -0.05) is 37.3 Å². The Kier molecular flexibility index (Phi) is 6.24. The van der Waals surface area contributed by atoms with Gasteiger partial charge in [-0.3, -0.25) is 9.59 Å². The maximum absolute atomic E-state index is 12.0. The van der Waals surface area contributed by atoms with Crippen molar-refractivity contribution in [1.82, 2.24) is 5.32 Å². The first-order valence-electron chi connectivity index (χ1n) is 7.73. The lowest BCUT2D eigenvalue weighted by atomic mass is 10.1. The van der Waals surface area contributed by atoms with E-state index in [0.717, 1.165) is 12.8 Å². The van der Waals surface area contributed by atoms with Crippen molar-refractivity contribution in [3.8, 4) is 0 Å². The highest BCUT2D eigenvalue weighted by atomic mass is 35.5. The number of nitrogens with one attached hydrogen (secondary N) is 1. The predicted octanol–water partition coefficient (Wildman–Crippen LogP) is 4.14. The van der Waals surface area contributed by atoms with E-state index in [0.29, 0.717) is 16.6 Å². The number of carbonyl (C=O) groups excluding carboxylic acids is 2. The van der Waals surface area contributed by atoms with Crippen LogP contribution in [0.1, 0.15) is 61.7 Å². The monoisotopic (exact) mass is 307 g/mol. The van der Waals surface area contributed by atoms with Crippen molar-refractivity contribution >= 4 is 23.3 Å². The van der Waals surface area contributed by atoms with Gasteiger partial charge in [0.1, 0.15) is 0 Å². The summed E-state index contributed by atoms with van der Waals surface area (Å²) in [6, 6.07) is 7.09. The van der Waals surface area contributed by atoms with Crippen molar-refractivity contribution < 1.29 is 9.59 Å². The summed E-state index contributed by atoms with van der Waals surface area (Å²) in [5.41, 5.74) is 0.613. The Hall–Kier alpha value is -1.35. The molecule has 1 amide bonds. The molecule has 0 saturated heterocycles. The van der Waals surface area contributed by atoms with Gasteiger partial charge in [-0.05, 0) is 37.1 Å². The van der Waals surface area contributed by atoms with Crippen LogP contribution in [0.15, 0.2) is 24.3 Å². The van der Waals surface area contributed by atoms with E-state index >= 15 is 0 Å². The van der Waals surface area contributed by atoms with Crippen LogP contribution in [0.25, 0.3) is 0 Å². The largest absolute Gasteiger partial charge is 0.353 e. The number of rotatable bonds is 5. The van der Waals surface area contributed by atoms with Crippen LogP contribution < -0.4 is 5.32 Å². The van der Waals surface area contributed by atoms with Gasteiger partial charge in [-0.15, -0.1) is 0 Å². The van der Waals surface area contributed by atoms with Crippen LogP contribution in [0.3, 0.4) is 0 Å². The Balaban J connectivity index is 1.75. The standard InChI is InChI=1S/C17H22ClNO2/c18-14-9-7-13(8-10-14)16(20)11-12-17(21)19-15-5-3-1-2-4-6-15/h7-10,15H,1-6,11-12H2,(H,19,21). The van der Waals surface area contributed by atoms with E-state index in [1.165, 1.54) is 25.7 Å². The molecule has 1 aromatic carbocycles. The summed E-state index contributed by atoms with van der Waals surface area (Å²) < 4.78 is 0. The Morgan fingerprint density at radius 3 is 2.24 bits per heavy atom. The van der Waals surface area contributed by atoms with Crippen molar-refractivity contribution in [3.05, 3.63) is 34.9 Å². The summed E-state index contributed by atoms with van der Waals surface area (Å²) in [5, 5.41) is 3.67. The van der Waals surface area contributed by atoms with Crippen LogP contribution in [0.4, 0.5) is 0 Å². The van der Waals surface area contributed by atoms with Gasteiger partial charge >= 0.3 is 0 Å². The summed E-state index contributed by atoms with van der Waals surface area (Å²) >= 11 is 5.79. The highest BCUT2D eigenvalue weighted by Gasteiger charge is 2.15. The van der Waals surface area contributed by atoms with E-state index in [-0.39, 0.29) is 24.5 Å². The molecule has 0 atom stereocenters. The molecule has 1 N–H and O–H groups in total. The molecule has 3 nitrogen and oxygen atoms in total. The Morgan fingerprint density at radius 2 is 1.62 bits per heavy atom. The molecule has 1 saturated carbocycles. The molecule has 0 heterocycles. The summed E-state index contributed by atoms with van der Waals surface area (Å²) in [7, 11) is 0. The zero-order valence-corrected chi connectivity index (χ0v) is 13.0. The molecule has 0 spiro atoms. The summed E-state index contributed by atoms with van der Waals surface area (Å²) in [6.07, 6.45) is 7.55. The van der Waals surface area contributed by atoms with Crippen LogP contribution in [-0.4, -0.2) is 17.7 Å². The first-order valence-corrected chi connectivity index (χ1v) is 8.11. The average molecular weight is 308 g/mol. The highest BCUT2D eigenvalue weighted by molar-refractivity contribution is 6.30. The molecular weight excluding hydrogens is 286 g/mol. The number of amides is 1. The van der Waals surface area contributed by atoms with Crippen molar-refractivity contribution in [1.29, 1.82) is 0 Å². The molecule has 1 aromatic rings. The lowest BCUT2D eigenvalue weighted by Crippen LogP contribution is -2.34. The van der Waals surface area contributed by atoms with Crippen molar-refractivity contribution in [2.24, 2.45) is 0 Å². The third-order valence-electron chi connectivity index (χ3n) is 3.97. The average Bonchev–Trinajstić information content (AvgIpc) is 2.74. The topological polar surface area (TPSA) is 46.2 Å². The van der Waals surface area contributed by atoms with Crippen LogP contribution in [0.2, 0.25) is 5.02 Å². The zero-order valence-electron chi connectivity index (χ0n) is 12.2. The fourth-order valence-corrected chi connectivity index (χ4v) is 2.86. The number of hydrogen-bond donors (Lipinski definition) is 1. The minimum absolute atomic E-state index is 0.00999. The molecule has 1 aliphatic rings. The van der Waals surface area contributed by atoms with E-state index < -0.39 is 0 Å². The fraction of sp³-hybridized carbons (Fsp3) is 0.529. The van der Waals surface area contributed by atoms with Gasteiger partial charge in [-0.2, -0.15) is 0 Å². The molecule has 0 radical (unpaired) electrons. The predicted molar refractivity (Wildman–Crippen MR) is 84.6 cm³/mol. The van der Waals surface area contributed by atoms with Crippen molar-refractivity contribution in [3.63, 3.8) is 0 Å². The summed E-state index contributed by atoms with van der Waals surface area (Å²) in [4.78, 5) is 23.9. The smallest absolute Gasteiger partial charge is 0.220 e. The van der Waals surface area contributed by atoms with Gasteiger partial charge in [0, 0.05) is 29.5 Å². The maximum atomic E-state index is 12.0. The zero-order chi connectivity index (χ0) is 15.1. The second kappa shape index (κ2) is 8.18. The SMILES string of the molecule is O=C(CCC(=O)c1ccc(Cl)cc1)NC1CCCCCC1. The molecule has 0 aromatic heterocycles. The molecule has 0 aliphatic heterocycles. The van der Waals surface area contributed by atoms with E-state index in [4.69, 9.17) is 11.6 Å². The van der Waals surface area contributed by atoms with E-state index in [9.17, 15) is 9.59 Å². The molecule has 0 unspecified atom stereocenters. The molecule has 114 valence electrons. The minimum atomic E-state index is -0.0114. The molecule has 4 heteroatoms. The van der Waals surface area contributed by atoms with E-state index in [1.54, 1.807) is 24.3 Å². The first kappa shape index (κ1) is 16.0. The number of halogens is 1. The van der Waals surface area contributed by atoms with Crippen LogP contribution in [0.5, 0.6) is 0 Å². The Bertz CT molecular complexity index is 476. The van der Waals surface area contributed by atoms with E-state index in [1.807, 2.05) is 0 Å². The van der Waals surface area contributed by atoms with Gasteiger partial charge in [0.25, 0.3) is 0 Å². The fourth-order valence-electron chi connectivity index (χ4n) is 2.73. The summed E-state index contributed by atoms with van der Waals surface area (Å²) in [6.45, 7) is 0. The van der Waals surface area contributed by atoms with Gasteiger partial charge < -0.3 is 5.32 Å². The lowest BCUT2D eigenvalue weighted by Gasteiger charge is -2.15. The Morgan fingerprint density at radius 1 is 1.00 bits per heavy atom. The number of hydrogen-bond acceptors (Lipinski definition) is 2. The quantitative estimate of drug-likeness (QED) is 0.656. The minimum Gasteiger partial charge on any atom is -0.353 e. The third kappa shape index (κ3) is 5.50. The molecule has 21 heavy (non-hydrogen) atoms. The highest BCUT2D eigenvalue weighted by Crippen LogP contribution is 2.17. The van der Waals surface area contributed by atoms with E-state index in [2.05, 4.69) is 5.32 Å². The Labute approximate surface area is 131 Å². The van der Waals surface area contributed by atoms with Crippen molar-refractivity contribution in [2.45, 2.75) is 57.4 Å². The second-order valence-corrected chi connectivity index (χ2v) is 6.12. The number of benzene rings is 1. The second-order valence-electron chi connectivity index (χ2n) is 5.69. The van der Waals surface area contributed by atoms with Crippen LogP contribution in [-0.2, 0) is 4.79 Å². The number of carbonyl (C=O) groups is 2. The first-order chi connectivity index (χ1) is 10.1. The normalized spacial score (nSPS) is 16.2. The lowest BCUT2D eigenvalue weighted by molar-refractivity contribution is -0.121. The maximum Gasteiger partial charge on any atom is 0.220 e. The molecule has 0 bridgehead atoms. The van der Waals surface area contributed by atoms with Crippen LogP contribution in [0, 0.1) is 0 Å². The molecule has 1 aliphatic carbocycles. The summed E-state index contributed by atoms with van der Waals surface area (Å²) in [5.74, 6) is -0.0214. The molecule has 1 fully saturated rings. The van der Waals surface area contributed by atoms with Crippen LogP contribution >= 0.6 is 11.6 Å². The van der Waals surface area contributed by atoms with Gasteiger partial charge in [0.05, 0.1) is 0 Å². The van der Waals surface area contributed by atoms with Gasteiger partial charge in [0.2, 0.25) is 5.91 Å². The van der Waals surface area contributed by atoms with Gasteiger partial charge in [0.15, 0.2) is 5.78 Å². The molecule has 2 rings (SSSR count).